The van der Waals surface area contributed by atoms with E-state index in [1.54, 1.807) is 18.2 Å². The minimum absolute atomic E-state index is 0.169. The molecule has 96 valence electrons. The summed E-state index contributed by atoms with van der Waals surface area (Å²) in [5, 5.41) is 0. The van der Waals surface area contributed by atoms with E-state index in [0.29, 0.717) is 6.54 Å². The molecular formula is C11H14FN5O. The maximum atomic E-state index is 13.6. The van der Waals surface area contributed by atoms with Crippen LogP contribution < -0.4 is 16.2 Å². The molecule has 18 heavy (non-hydrogen) atoms. The van der Waals surface area contributed by atoms with Crippen molar-refractivity contribution in [2.24, 2.45) is 5.84 Å². The molecule has 2 rings (SSSR count). The molecule has 0 saturated heterocycles. The molecule has 2 aromatic rings. The molecule has 0 aliphatic rings. The Morgan fingerprint density at radius 3 is 2.94 bits per heavy atom. The van der Waals surface area contributed by atoms with Gasteiger partial charge in [-0.1, -0.05) is 0 Å². The predicted molar refractivity (Wildman–Crippen MR) is 65.4 cm³/mol. The summed E-state index contributed by atoms with van der Waals surface area (Å²) >= 11 is 0. The zero-order chi connectivity index (χ0) is 13.1. The molecule has 0 amide bonds. The lowest BCUT2D eigenvalue weighted by Gasteiger charge is -2.18. The molecule has 0 aromatic carbocycles. The first kappa shape index (κ1) is 12.3. The second-order valence-electron chi connectivity index (χ2n) is 3.87. The number of nitrogen functional groups attached to an aromatic ring is 1. The van der Waals surface area contributed by atoms with Crippen LogP contribution in [0.4, 0.5) is 16.2 Å². The number of hydrogen-bond acceptors (Lipinski definition) is 6. The smallest absolute Gasteiger partial charge is 0.239 e. The lowest BCUT2D eigenvalue weighted by atomic mass is 10.2. The SMILES string of the molecule is Cc1occc1CN(C)c1nc(NN)ncc1F. The van der Waals surface area contributed by atoms with Crippen LogP contribution in [0.15, 0.2) is 22.9 Å². The second-order valence-corrected chi connectivity index (χ2v) is 3.87. The number of rotatable bonds is 4. The topological polar surface area (TPSA) is 80.2 Å². The van der Waals surface area contributed by atoms with Crippen molar-refractivity contribution in [3.63, 3.8) is 0 Å². The van der Waals surface area contributed by atoms with Crippen LogP contribution in [-0.2, 0) is 6.54 Å². The van der Waals surface area contributed by atoms with Gasteiger partial charge in [0.2, 0.25) is 5.95 Å². The van der Waals surface area contributed by atoms with E-state index in [0.717, 1.165) is 17.5 Å². The molecule has 0 bridgehead atoms. The third-order valence-electron chi connectivity index (χ3n) is 2.59. The minimum atomic E-state index is -0.502. The van der Waals surface area contributed by atoms with Gasteiger partial charge in [-0.05, 0) is 13.0 Å². The fraction of sp³-hybridized carbons (Fsp3) is 0.273. The van der Waals surface area contributed by atoms with Gasteiger partial charge in [0, 0.05) is 19.2 Å². The highest BCUT2D eigenvalue weighted by atomic mass is 19.1. The fourth-order valence-electron chi connectivity index (χ4n) is 1.60. The van der Waals surface area contributed by atoms with Crippen LogP contribution in [-0.4, -0.2) is 17.0 Å². The first-order chi connectivity index (χ1) is 8.61. The van der Waals surface area contributed by atoms with Crippen molar-refractivity contribution in [3.8, 4) is 0 Å². The van der Waals surface area contributed by atoms with E-state index in [1.807, 2.05) is 13.0 Å². The highest BCUT2D eigenvalue weighted by Gasteiger charge is 2.13. The van der Waals surface area contributed by atoms with Gasteiger partial charge in [0.15, 0.2) is 11.6 Å². The Morgan fingerprint density at radius 1 is 1.56 bits per heavy atom. The predicted octanol–water partition coefficient (Wildman–Crippen LogP) is 1.44. The largest absolute Gasteiger partial charge is 0.469 e. The first-order valence-corrected chi connectivity index (χ1v) is 5.35. The molecule has 0 aliphatic carbocycles. The quantitative estimate of drug-likeness (QED) is 0.632. The van der Waals surface area contributed by atoms with Gasteiger partial charge in [0.05, 0.1) is 12.5 Å². The standard InChI is InChI=1S/C11H14FN5O/c1-7-8(3-4-18-7)6-17(2)10-9(12)5-14-11(15-10)16-13/h3-5H,6,13H2,1-2H3,(H,14,15,16). The maximum Gasteiger partial charge on any atom is 0.239 e. The lowest BCUT2D eigenvalue weighted by molar-refractivity contribution is 0.529. The van der Waals surface area contributed by atoms with Crippen LogP contribution in [0.25, 0.3) is 0 Å². The molecule has 0 radical (unpaired) electrons. The Labute approximate surface area is 104 Å². The van der Waals surface area contributed by atoms with Crippen molar-refractivity contribution < 1.29 is 8.81 Å². The number of anilines is 2. The highest BCUT2D eigenvalue weighted by molar-refractivity contribution is 5.43. The molecular weight excluding hydrogens is 237 g/mol. The van der Waals surface area contributed by atoms with Gasteiger partial charge in [-0.3, -0.25) is 5.43 Å². The van der Waals surface area contributed by atoms with Gasteiger partial charge in [-0.2, -0.15) is 4.98 Å². The minimum Gasteiger partial charge on any atom is -0.469 e. The summed E-state index contributed by atoms with van der Waals surface area (Å²) in [5.41, 5.74) is 3.26. The van der Waals surface area contributed by atoms with Crippen molar-refractivity contribution in [2.75, 3.05) is 17.4 Å². The summed E-state index contributed by atoms with van der Waals surface area (Å²) in [6, 6.07) is 1.84. The summed E-state index contributed by atoms with van der Waals surface area (Å²) in [7, 11) is 1.73. The zero-order valence-electron chi connectivity index (χ0n) is 10.1. The van der Waals surface area contributed by atoms with Crippen molar-refractivity contribution in [1.82, 2.24) is 9.97 Å². The summed E-state index contributed by atoms with van der Waals surface area (Å²) < 4.78 is 18.8. The summed E-state index contributed by atoms with van der Waals surface area (Å²) in [6.07, 6.45) is 2.68. The van der Waals surface area contributed by atoms with Crippen molar-refractivity contribution in [2.45, 2.75) is 13.5 Å². The summed E-state index contributed by atoms with van der Waals surface area (Å²) in [5.74, 6) is 5.84. The molecule has 7 heteroatoms. The number of aromatic nitrogens is 2. The Morgan fingerprint density at radius 2 is 2.33 bits per heavy atom. The van der Waals surface area contributed by atoms with Gasteiger partial charge in [0.1, 0.15) is 5.76 Å². The van der Waals surface area contributed by atoms with E-state index < -0.39 is 5.82 Å². The Kier molecular flexibility index (Phi) is 3.42. The molecule has 2 aromatic heterocycles. The fourth-order valence-corrected chi connectivity index (χ4v) is 1.60. The third-order valence-corrected chi connectivity index (χ3v) is 2.59. The molecule has 0 spiro atoms. The lowest BCUT2D eigenvalue weighted by Crippen LogP contribution is -2.21. The number of aryl methyl sites for hydroxylation is 1. The van der Waals surface area contributed by atoms with Crippen molar-refractivity contribution in [3.05, 3.63) is 35.7 Å². The number of nitrogens with two attached hydrogens (primary N) is 1. The van der Waals surface area contributed by atoms with Crippen LogP contribution in [0, 0.1) is 12.7 Å². The van der Waals surface area contributed by atoms with Crippen LogP contribution in [0.2, 0.25) is 0 Å². The molecule has 0 saturated carbocycles. The van der Waals surface area contributed by atoms with E-state index in [2.05, 4.69) is 15.4 Å². The average molecular weight is 251 g/mol. The Bertz CT molecular complexity index is 542. The molecule has 2 heterocycles. The van der Waals surface area contributed by atoms with E-state index in [4.69, 9.17) is 10.3 Å². The molecule has 3 N–H and O–H groups in total. The van der Waals surface area contributed by atoms with Crippen LogP contribution >= 0.6 is 0 Å². The van der Waals surface area contributed by atoms with Crippen molar-refractivity contribution in [1.29, 1.82) is 0 Å². The van der Waals surface area contributed by atoms with Crippen LogP contribution in [0.5, 0.6) is 0 Å². The van der Waals surface area contributed by atoms with Crippen LogP contribution in [0.1, 0.15) is 11.3 Å². The third kappa shape index (κ3) is 2.40. The van der Waals surface area contributed by atoms with E-state index in [1.165, 1.54) is 0 Å². The second kappa shape index (κ2) is 5.01. The number of furan rings is 1. The number of hydrogen-bond donors (Lipinski definition) is 2. The number of hydrazine groups is 1. The average Bonchev–Trinajstić information content (AvgIpc) is 2.75. The summed E-state index contributed by atoms with van der Waals surface area (Å²) in [6.45, 7) is 2.34. The van der Waals surface area contributed by atoms with Gasteiger partial charge in [-0.15, -0.1) is 0 Å². The number of nitrogens with one attached hydrogen (secondary N) is 1. The van der Waals surface area contributed by atoms with E-state index in [-0.39, 0.29) is 11.8 Å². The van der Waals surface area contributed by atoms with E-state index >= 15 is 0 Å². The van der Waals surface area contributed by atoms with Crippen molar-refractivity contribution >= 4 is 11.8 Å². The van der Waals surface area contributed by atoms with Gasteiger partial charge in [-0.25, -0.2) is 15.2 Å². The highest BCUT2D eigenvalue weighted by Crippen LogP contribution is 2.19. The Hall–Kier alpha value is -2.15. The number of halogens is 1. The monoisotopic (exact) mass is 251 g/mol. The molecule has 0 unspecified atom stereocenters. The number of nitrogens with zero attached hydrogens (tertiary/aromatic N) is 3. The van der Waals surface area contributed by atoms with Gasteiger partial charge >= 0.3 is 0 Å². The normalized spacial score (nSPS) is 10.4. The molecule has 0 fully saturated rings. The summed E-state index contributed by atoms with van der Waals surface area (Å²) in [4.78, 5) is 9.32. The first-order valence-electron chi connectivity index (χ1n) is 5.35. The molecule has 0 aliphatic heterocycles. The van der Waals surface area contributed by atoms with Crippen LogP contribution in [0.3, 0.4) is 0 Å². The van der Waals surface area contributed by atoms with E-state index in [9.17, 15) is 4.39 Å². The molecule has 6 nitrogen and oxygen atoms in total. The molecule has 0 atom stereocenters. The maximum absolute atomic E-state index is 13.6. The zero-order valence-corrected chi connectivity index (χ0v) is 10.1. The van der Waals surface area contributed by atoms with Gasteiger partial charge in [0.25, 0.3) is 0 Å². The van der Waals surface area contributed by atoms with Gasteiger partial charge < -0.3 is 9.32 Å². The Balaban J connectivity index is 2.23.